The molecule has 8 nitrogen and oxygen atoms in total. The standard InChI is InChI=1S/C20H17N7O/c21-10-13-15(12-4-2-1-3-5-12)16-17(25-18(13)23)14(11-22)20(26-19(16)24)27-6-8-28-9-7-27/h1-5H,6-9H2,(H2,23,25)(H2,24,26). The van der Waals surface area contributed by atoms with E-state index < -0.39 is 0 Å². The van der Waals surface area contributed by atoms with Crippen LogP contribution in [0.4, 0.5) is 17.5 Å². The maximum absolute atomic E-state index is 9.88. The fraction of sp³-hybridized carbons (Fsp3) is 0.200. The minimum Gasteiger partial charge on any atom is -0.383 e. The molecule has 0 atom stereocenters. The first-order chi connectivity index (χ1) is 13.7. The van der Waals surface area contributed by atoms with Crippen LogP contribution in [-0.2, 0) is 4.74 Å². The number of benzene rings is 1. The lowest BCUT2D eigenvalue weighted by Crippen LogP contribution is -2.37. The third kappa shape index (κ3) is 2.73. The zero-order chi connectivity index (χ0) is 19.7. The van der Waals surface area contributed by atoms with Gasteiger partial charge in [0, 0.05) is 18.7 Å². The Balaban J connectivity index is 2.10. The van der Waals surface area contributed by atoms with Crippen LogP contribution < -0.4 is 16.4 Å². The summed E-state index contributed by atoms with van der Waals surface area (Å²) in [7, 11) is 0. The Morgan fingerprint density at radius 3 is 2.25 bits per heavy atom. The molecule has 1 aliphatic rings. The topological polar surface area (TPSA) is 138 Å². The van der Waals surface area contributed by atoms with Gasteiger partial charge in [0.2, 0.25) is 0 Å². The van der Waals surface area contributed by atoms with Gasteiger partial charge in [0.15, 0.2) is 5.82 Å². The Hall–Kier alpha value is -3.88. The van der Waals surface area contributed by atoms with Gasteiger partial charge in [-0.15, -0.1) is 0 Å². The molecule has 8 heteroatoms. The van der Waals surface area contributed by atoms with Gasteiger partial charge >= 0.3 is 0 Å². The molecule has 0 saturated carbocycles. The van der Waals surface area contributed by atoms with E-state index in [2.05, 4.69) is 22.1 Å². The average molecular weight is 371 g/mol. The highest BCUT2D eigenvalue weighted by Crippen LogP contribution is 2.39. The molecule has 138 valence electrons. The van der Waals surface area contributed by atoms with Gasteiger partial charge in [-0.1, -0.05) is 30.3 Å². The molecule has 0 unspecified atom stereocenters. The molecule has 0 radical (unpaired) electrons. The number of nitriles is 2. The molecule has 28 heavy (non-hydrogen) atoms. The van der Waals surface area contributed by atoms with E-state index >= 15 is 0 Å². The van der Waals surface area contributed by atoms with Gasteiger partial charge < -0.3 is 21.1 Å². The highest BCUT2D eigenvalue weighted by Gasteiger charge is 2.25. The number of anilines is 3. The third-order valence-electron chi connectivity index (χ3n) is 4.76. The van der Waals surface area contributed by atoms with Crippen LogP contribution in [0.15, 0.2) is 30.3 Å². The van der Waals surface area contributed by atoms with Gasteiger partial charge in [0.05, 0.1) is 24.1 Å². The van der Waals surface area contributed by atoms with E-state index in [9.17, 15) is 10.5 Å². The lowest BCUT2D eigenvalue weighted by atomic mass is 9.95. The van der Waals surface area contributed by atoms with E-state index in [1.165, 1.54) is 0 Å². The van der Waals surface area contributed by atoms with Crippen LogP contribution in [0.5, 0.6) is 0 Å². The van der Waals surface area contributed by atoms with Crippen LogP contribution in [0.2, 0.25) is 0 Å². The monoisotopic (exact) mass is 371 g/mol. The molecule has 4 rings (SSSR count). The average Bonchev–Trinajstić information content (AvgIpc) is 2.74. The zero-order valence-corrected chi connectivity index (χ0v) is 15.0. The number of pyridine rings is 2. The molecule has 3 aromatic rings. The summed E-state index contributed by atoms with van der Waals surface area (Å²) in [5.41, 5.74) is 14.6. The van der Waals surface area contributed by atoms with Crippen molar-refractivity contribution in [3.63, 3.8) is 0 Å². The number of rotatable bonds is 2. The quantitative estimate of drug-likeness (QED) is 0.698. The molecule has 1 fully saturated rings. The summed E-state index contributed by atoms with van der Waals surface area (Å²) in [5.74, 6) is 0.730. The summed E-state index contributed by atoms with van der Waals surface area (Å²) in [5, 5.41) is 20.0. The highest BCUT2D eigenvalue weighted by molar-refractivity contribution is 6.08. The Morgan fingerprint density at radius 1 is 0.929 bits per heavy atom. The van der Waals surface area contributed by atoms with Gasteiger partial charge in [-0.3, -0.25) is 0 Å². The second-order valence-corrected chi connectivity index (χ2v) is 6.36. The van der Waals surface area contributed by atoms with Crippen molar-refractivity contribution in [3.05, 3.63) is 41.5 Å². The van der Waals surface area contributed by atoms with E-state index in [1.54, 1.807) is 0 Å². The Labute approximate surface area is 161 Å². The van der Waals surface area contributed by atoms with Crippen molar-refractivity contribution in [1.29, 1.82) is 10.5 Å². The first-order valence-electron chi connectivity index (χ1n) is 8.76. The van der Waals surface area contributed by atoms with Crippen LogP contribution in [0.1, 0.15) is 11.1 Å². The molecular weight excluding hydrogens is 354 g/mol. The summed E-state index contributed by atoms with van der Waals surface area (Å²) in [6.07, 6.45) is 0. The molecule has 3 heterocycles. The predicted octanol–water partition coefficient (Wildman–Crippen LogP) is 2.04. The summed E-state index contributed by atoms with van der Waals surface area (Å²) < 4.78 is 5.38. The minimum atomic E-state index is 0.0591. The number of morpholine rings is 1. The molecule has 0 amide bonds. The van der Waals surface area contributed by atoms with Gasteiger partial charge in [0.25, 0.3) is 0 Å². The maximum Gasteiger partial charge on any atom is 0.151 e. The normalized spacial score (nSPS) is 13.9. The summed E-state index contributed by atoms with van der Waals surface area (Å²) >= 11 is 0. The van der Waals surface area contributed by atoms with Crippen molar-refractivity contribution in [2.75, 3.05) is 42.7 Å². The van der Waals surface area contributed by atoms with Crippen molar-refractivity contribution in [2.45, 2.75) is 0 Å². The highest BCUT2D eigenvalue weighted by atomic mass is 16.5. The molecule has 0 bridgehead atoms. The van der Waals surface area contributed by atoms with Crippen LogP contribution in [-0.4, -0.2) is 36.3 Å². The molecule has 2 aromatic heterocycles. The van der Waals surface area contributed by atoms with Gasteiger partial charge in [-0.05, 0) is 5.56 Å². The van der Waals surface area contributed by atoms with Crippen molar-refractivity contribution >= 4 is 28.4 Å². The molecular formula is C20H17N7O. The molecule has 0 spiro atoms. The van der Waals surface area contributed by atoms with Crippen molar-refractivity contribution in [2.24, 2.45) is 0 Å². The molecule has 1 saturated heterocycles. The first kappa shape index (κ1) is 17.5. The summed E-state index contributed by atoms with van der Waals surface area (Å²) in [6, 6.07) is 13.6. The van der Waals surface area contributed by atoms with Crippen molar-refractivity contribution in [3.8, 4) is 23.3 Å². The third-order valence-corrected chi connectivity index (χ3v) is 4.76. The minimum absolute atomic E-state index is 0.0591. The molecule has 1 aliphatic heterocycles. The van der Waals surface area contributed by atoms with Crippen LogP contribution >= 0.6 is 0 Å². The van der Waals surface area contributed by atoms with Crippen LogP contribution in [0.3, 0.4) is 0 Å². The van der Waals surface area contributed by atoms with Crippen LogP contribution in [0.25, 0.3) is 22.0 Å². The van der Waals surface area contributed by atoms with Gasteiger partial charge in [-0.2, -0.15) is 10.5 Å². The second-order valence-electron chi connectivity index (χ2n) is 6.36. The van der Waals surface area contributed by atoms with Gasteiger partial charge in [0.1, 0.15) is 34.9 Å². The molecule has 4 N–H and O–H groups in total. The number of aromatic nitrogens is 2. The second kappa shape index (κ2) is 7.03. The molecule has 1 aromatic carbocycles. The largest absolute Gasteiger partial charge is 0.383 e. The van der Waals surface area contributed by atoms with E-state index in [4.69, 9.17) is 16.2 Å². The van der Waals surface area contributed by atoms with Crippen molar-refractivity contribution in [1.82, 2.24) is 9.97 Å². The molecule has 0 aliphatic carbocycles. The number of hydrogen-bond acceptors (Lipinski definition) is 8. The number of nitrogens with two attached hydrogens (primary N) is 2. The number of fused-ring (bicyclic) bond motifs is 1. The van der Waals surface area contributed by atoms with E-state index in [1.807, 2.05) is 35.2 Å². The smallest absolute Gasteiger partial charge is 0.151 e. The summed E-state index contributed by atoms with van der Waals surface area (Å²) in [6.45, 7) is 2.29. The predicted molar refractivity (Wildman–Crippen MR) is 106 cm³/mol. The zero-order valence-electron chi connectivity index (χ0n) is 15.0. The first-order valence-corrected chi connectivity index (χ1v) is 8.76. The van der Waals surface area contributed by atoms with E-state index in [0.717, 1.165) is 5.56 Å². The van der Waals surface area contributed by atoms with E-state index in [-0.39, 0.29) is 17.2 Å². The summed E-state index contributed by atoms with van der Waals surface area (Å²) in [4.78, 5) is 10.9. The lowest BCUT2D eigenvalue weighted by molar-refractivity contribution is 0.122. The Morgan fingerprint density at radius 2 is 1.61 bits per heavy atom. The van der Waals surface area contributed by atoms with E-state index in [0.29, 0.717) is 54.2 Å². The number of ether oxygens (including phenoxy) is 1. The van der Waals surface area contributed by atoms with Gasteiger partial charge in [-0.25, -0.2) is 9.97 Å². The fourth-order valence-electron chi connectivity index (χ4n) is 3.48. The number of nitrogens with zero attached hydrogens (tertiary/aromatic N) is 5. The SMILES string of the molecule is N#Cc1c(N)nc2c(C#N)c(N3CCOCC3)nc(N)c2c1-c1ccccc1. The number of hydrogen-bond donors (Lipinski definition) is 2. The van der Waals surface area contributed by atoms with Crippen molar-refractivity contribution < 1.29 is 4.74 Å². The van der Waals surface area contributed by atoms with Crippen LogP contribution in [0, 0.1) is 22.7 Å². The lowest BCUT2D eigenvalue weighted by Gasteiger charge is -2.29. The Kier molecular flexibility index (Phi) is 4.40. The fourth-order valence-corrected chi connectivity index (χ4v) is 3.48. The maximum atomic E-state index is 9.88. The Bertz CT molecular complexity index is 1140. The number of nitrogen functional groups attached to an aromatic ring is 2.